The van der Waals surface area contributed by atoms with E-state index in [1.165, 1.54) is 24.8 Å². The molecule has 2 aliphatic rings. The van der Waals surface area contributed by atoms with Crippen molar-refractivity contribution >= 4 is 30.6 Å². The molecule has 0 aromatic carbocycles. The molecule has 1 aliphatic heterocycles. The lowest BCUT2D eigenvalue weighted by atomic mass is 10.0. The Morgan fingerprint density at radius 3 is 2.95 bits per heavy atom. The summed E-state index contributed by atoms with van der Waals surface area (Å²) in [5.74, 6) is 2.94. The summed E-state index contributed by atoms with van der Waals surface area (Å²) >= 11 is 9.85. The van der Waals surface area contributed by atoms with E-state index in [4.69, 9.17) is 16.3 Å². The Labute approximate surface area is 145 Å². The second-order valence-electron chi connectivity index (χ2n) is 5.25. The quantitative estimate of drug-likeness (QED) is 0.488. The molecular weight excluding hydrogens is 314 g/mol. The van der Waals surface area contributed by atoms with Crippen molar-refractivity contribution in [1.29, 1.82) is 0 Å². The van der Waals surface area contributed by atoms with Crippen molar-refractivity contribution in [3.63, 3.8) is 0 Å². The predicted octanol–water partition coefficient (Wildman–Crippen LogP) is 5.68. The SMILES string of the molecule is C=C1C=C(CC/C=C/C2=CCCC2CCl)N=CO1.CCCS. The van der Waals surface area contributed by atoms with Gasteiger partial charge in [-0.3, -0.25) is 0 Å². The Balaban J connectivity index is 0.000000541. The molecule has 0 N–H and O–H groups in total. The van der Waals surface area contributed by atoms with Gasteiger partial charge in [0, 0.05) is 17.7 Å². The van der Waals surface area contributed by atoms with Gasteiger partial charge in [-0.2, -0.15) is 12.6 Å². The summed E-state index contributed by atoms with van der Waals surface area (Å²) in [7, 11) is 0. The number of aliphatic imine (C=N–C) groups is 1. The average molecular weight is 340 g/mol. The third-order valence-electron chi connectivity index (χ3n) is 3.40. The van der Waals surface area contributed by atoms with E-state index in [1.54, 1.807) is 0 Å². The van der Waals surface area contributed by atoms with Gasteiger partial charge in [0.2, 0.25) is 0 Å². The first-order valence-electron chi connectivity index (χ1n) is 7.83. The summed E-state index contributed by atoms with van der Waals surface area (Å²) in [6.07, 6.45) is 15.4. The van der Waals surface area contributed by atoms with Gasteiger partial charge in [-0.15, -0.1) is 11.6 Å². The van der Waals surface area contributed by atoms with Gasteiger partial charge in [0.25, 0.3) is 0 Å². The van der Waals surface area contributed by atoms with Crippen molar-refractivity contribution in [2.75, 3.05) is 11.6 Å². The van der Waals surface area contributed by atoms with Gasteiger partial charge in [0.1, 0.15) is 5.76 Å². The lowest BCUT2D eigenvalue weighted by molar-refractivity contribution is 0.448. The van der Waals surface area contributed by atoms with Crippen molar-refractivity contribution in [2.24, 2.45) is 10.9 Å². The van der Waals surface area contributed by atoms with Crippen LogP contribution in [0.5, 0.6) is 0 Å². The van der Waals surface area contributed by atoms with Crippen LogP contribution < -0.4 is 0 Å². The van der Waals surface area contributed by atoms with E-state index in [1.807, 2.05) is 6.08 Å². The molecule has 1 aliphatic carbocycles. The highest BCUT2D eigenvalue weighted by atomic mass is 35.5. The number of allylic oxidation sites excluding steroid dienone is 6. The fourth-order valence-corrected chi connectivity index (χ4v) is 2.49. The van der Waals surface area contributed by atoms with Crippen molar-refractivity contribution in [1.82, 2.24) is 0 Å². The molecule has 0 saturated carbocycles. The maximum absolute atomic E-state index is 5.93. The fourth-order valence-electron chi connectivity index (χ4n) is 2.16. The minimum Gasteiger partial charge on any atom is -0.446 e. The zero-order valence-corrected chi connectivity index (χ0v) is 15.0. The molecule has 2 rings (SSSR count). The van der Waals surface area contributed by atoms with Gasteiger partial charge in [-0.25, -0.2) is 4.99 Å². The molecule has 22 heavy (non-hydrogen) atoms. The summed E-state index contributed by atoms with van der Waals surface area (Å²) in [6, 6.07) is 0. The predicted molar refractivity (Wildman–Crippen MR) is 101 cm³/mol. The van der Waals surface area contributed by atoms with Gasteiger partial charge in [0.05, 0.1) is 0 Å². The van der Waals surface area contributed by atoms with Gasteiger partial charge in [-0.1, -0.05) is 31.7 Å². The van der Waals surface area contributed by atoms with E-state index in [2.05, 4.69) is 49.4 Å². The van der Waals surface area contributed by atoms with E-state index in [0.717, 1.165) is 36.6 Å². The number of halogens is 1. The average Bonchev–Trinajstić information content (AvgIpc) is 2.99. The van der Waals surface area contributed by atoms with E-state index >= 15 is 0 Å². The summed E-state index contributed by atoms with van der Waals surface area (Å²) < 4.78 is 5.02. The van der Waals surface area contributed by atoms with Crippen LogP contribution in [-0.2, 0) is 4.74 Å². The van der Waals surface area contributed by atoms with Crippen LogP contribution in [0.15, 0.2) is 52.9 Å². The monoisotopic (exact) mass is 339 g/mol. The molecule has 0 amide bonds. The largest absolute Gasteiger partial charge is 0.446 e. The molecule has 0 aromatic rings. The highest BCUT2D eigenvalue weighted by Gasteiger charge is 2.15. The molecule has 0 bridgehead atoms. The van der Waals surface area contributed by atoms with E-state index < -0.39 is 0 Å². The Bertz CT molecular complexity index is 464. The van der Waals surface area contributed by atoms with Crippen molar-refractivity contribution in [3.8, 4) is 0 Å². The van der Waals surface area contributed by atoms with Crippen molar-refractivity contribution in [2.45, 2.75) is 39.0 Å². The Morgan fingerprint density at radius 2 is 2.32 bits per heavy atom. The summed E-state index contributed by atoms with van der Waals surface area (Å²) in [5.41, 5.74) is 2.41. The third kappa shape index (κ3) is 7.37. The van der Waals surface area contributed by atoms with Gasteiger partial charge >= 0.3 is 0 Å². The Morgan fingerprint density at radius 1 is 1.55 bits per heavy atom. The molecule has 1 unspecified atom stereocenters. The van der Waals surface area contributed by atoms with Crippen LogP contribution in [0.25, 0.3) is 0 Å². The minimum absolute atomic E-state index is 0.544. The standard InChI is InChI=1S/C15H18ClNO.C3H8S/c1-12-9-15(17-11-18-12)8-3-2-5-13-6-4-7-14(13)10-16;1-2-3-4/h2,5-6,9,11,14H,1,3-4,7-8,10H2;4H,2-3H2,1H3/b5-2+;. The summed E-state index contributed by atoms with van der Waals surface area (Å²) in [4.78, 5) is 4.16. The zero-order chi connectivity index (χ0) is 16.2. The fraction of sp³-hybridized carbons (Fsp3) is 0.500. The van der Waals surface area contributed by atoms with Crippen LogP contribution in [0.1, 0.15) is 39.0 Å². The molecule has 2 nitrogen and oxygen atoms in total. The van der Waals surface area contributed by atoms with E-state index in [0.29, 0.717) is 11.7 Å². The van der Waals surface area contributed by atoms with Crippen LogP contribution in [0.4, 0.5) is 0 Å². The number of thiol groups is 1. The number of alkyl halides is 1. The Hall–Kier alpha value is -0.930. The normalized spacial score (nSPS) is 20.3. The summed E-state index contributed by atoms with van der Waals surface area (Å²) in [5, 5.41) is 0. The highest BCUT2D eigenvalue weighted by molar-refractivity contribution is 7.80. The molecular formula is C18H26ClNOS. The molecule has 4 heteroatoms. The first-order valence-corrected chi connectivity index (χ1v) is 9.00. The van der Waals surface area contributed by atoms with Crippen LogP contribution in [0.2, 0.25) is 0 Å². The molecule has 0 radical (unpaired) electrons. The zero-order valence-electron chi connectivity index (χ0n) is 13.3. The van der Waals surface area contributed by atoms with Gasteiger partial charge < -0.3 is 4.74 Å². The lowest BCUT2D eigenvalue weighted by Crippen LogP contribution is -1.98. The van der Waals surface area contributed by atoms with E-state index in [9.17, 15) is 0 Å². The van der Waals surface area contributed by atoms with Gasteiger partial charge in [0.15, 0.2) is 6.40 Å². The molecule has 0 aromatic heterocycles. The van der Waals surface area contributed by atoms with Crippen molar-refractivity contribution < 1.29 is 4.74 Å². The topological polar surface area (TPSA) is 21.6 Å². The minimum atomic E-state index is 0.544. The van der Waals surface area contributed by atoms with E-state index in [-0.39, 0.29) is 0 Å². The third-order valence-corrected chi connectivity index (χ3v) is 4.22. The molecule has 122 valence electrons. The number of rotatable bonds is 6. The first kappa shape index (κ1) is 19.1. The van der Waals surface area contributed by atoms with Crippen molar-refractivity contribution in [3.05, 3.63) is 47.9 Å². The summed E-state index contributed by atoms with van der Waals surface area (Å²) in [6.45, 7) is 5.85. The number of hydrogen-bond acceptors (Lipinski definition) is 3. The molecule has 0 fully saturated rings. The second-order valence-corrected chi connectivity index (χ2v) is 6.01. The van der Waals surface area contributed by atoms with Crippen LogP contribution in [-0.4, -0.2) is 18.0 Å². The first-order chi connectivity index (χ1) is 10.7. The number of ether oxygens (including phenoxy) is 1. The maximum Gasteiger partial charge on any atom is 0.181 e. The lowest BCUT2D eigenvalue weighted by Gasteiger charge is -2.08. The van der Waals surface area contributed by atoms with Crippen LogP contribution >= 0.6 is 24.2 Å². The molecule has 1 atom stereocenters. The second kappa shape index (κ2) is 11.6. The van der Waals surface area contributed by atoms with Crippen LogP contribution in [0, 0.1) is 5.92 Å². The Kier molecular flexibility index (Phi) is 10.1. The molecule has 1 heterocycles. The number of nitrogens with zero attached hydrogens (tertiary/aromatic N) is 1. The number of hydrogen-bond donors (Lipinski definition) is 1. The smallest absolute Gasteiger partial charge is 0.181 e. The highest BCUT2D eigenvalue weighted by Crippen LogP contribution is 2.28. The molecule has 0 spiro atoms. The maximum atomic E-state index is 5.93. The van der Waals surface area contributed by atoms with Crippen LogP contribution in [0.3, 0.4) is 0 Å². The van der Waals surface area contributed by atoms with Gasteiger partial charge in [-0.05, 0) is 49.3 Å². The molecule has 0 saturated heterocycles.